The van der Waals surface area contributed by atoms with Crippen molar-refractivity contribution in [2.24, 2.45) is 0 Å². The monoisotopic (exact) mass is 307 g/mol. The molecular formula is C16H22ClN3O. The first kappa shape index (κ1) is 15.9. The lowest BCUT2D eigenvalue weighted by atomic mass is 10.0. The van der Waals surface area contributed by atoms with Gasteiger partial charge in [-0.15, -0.1) is 0 Å². The fourth-order valence-corrected chi connectivity index (χ4v) is 2.64. The van der Waals surface area contributed by atoms with Crippen molar-refractivity contribution in [3.8, 4) is 5.75 Å². The van der Waals surface area contributed by atoms with Crippen molar-refractivity contribution in [3.63, 3.8) is 0 Å². The van der Waals surface area contributed by atoms with Gasteiger partial charge in [0.2, 0.25) is 0 Å². The van der Waals surface area contributed by atoms with Gasteiger partial charge in [0, 0.05) is 11.6 Å². The zero-order chi connectivity index (χ0) is 15.4. The summed E-state index contributed by atoms with van der Waals surface area (Å²) in [6, 6.07) is 6.10. The highest BCUT2D eigenvalue weighted by molar-refractivity contribution is 6.31. The SMILES string of the molecule is CCCn1ncc(OC)c1C(NC)c1ccc(Cl)c(C)c1. The lowest BCUT2D eigenvalue weighted by Gasteiger charge is -2.20. The summed E-state index contributed by atoms with van der Waals surface area (Å²) in [6.07, 6.45) is 2.80. The number of aromatic nitrogens is 2. The first-order chi connectivity index (χ1) is 10.1. The standard InChI is InChI=1S/C16H22ClN3O/c1-5-8-20-16(14(21-4)10-19-20)15(18-3)12-6-7-13(17)11(2)9-12/h6-7,9-10,15,18H,5,8H2,1-4H3. The Morgan fingerprint density at radius 2 is 2.19 bits per heavy atom. The summed E-state index contributed by atoms with van der Waals surface area (Å²) in [7, 11) is 3.62. The van der Waals surface area contributed by atoms with Crippen LogP contribution in [0.15, 0.2) is 24.4 Å². The molecule has 1 atom stereocenters. The van der Waals surface area contributed by atoms with Crippen molar-refractivity contribution < 1.29 is 4.74 Å². The second-order valence-corrected chi connectivity index (χ2v) is 5.46. The normalized spacial score (nSPS) is 12.4. The van der Waals surface area contributed by atoms with E-state index in [-0.39, 0.29) is 6.04 Å². The van der Waals surface area contributed by atoms with Crippen LogP contribution in [0.2, 0.25) is 5.02 Å². The van der Waals surface area contributed by atoms with Gasteiger partial charge in [0.1, 0.15) is 5.69 Å². The molecule has 2 aromatic rings. The molecule has 0 saturated carbocycles. The molecule has 21 heavy (non-hydrogen) atoms. The molecule has 0 aliphatic carbocycles. The molecule has 0 aliphatic rings. The van der Waals surface area contributed by atoms with E-state index in [1.54, 1.807) is 13.3 Å². The van der Waals surface area contributed by atoms with E-state index in [0.29, 0.717) is 0 Å². The molecule has 0 spiro atoms. The smallest absolute Gasteiger partial charge is 0.161 e. The Hall–Kier alpha value is -1.52. The summed E-state index contributed by atoms with van der Waals surface area (Å²) in [6.45, 7) is 5.02. The zero-order valence-electron chi connectivity index (χ0n) is 13.0. The molecule has 5 heteroatoms. The highest BCUT2D eigenvalue weighted by Gasteiger charge is 2.22. The number of nitrogens with one attached hydrogen (secondary N) is 1. The lowest BCUT2D eigenvalue weighted by Crippen LogP contribution is -2.22. The number of methoxy groups -OCH3 is 1. The van der Waals surface area contributed by atoms with Gasteiger partial charge < -0.3 is 10.1 Å². The largest absolute Gasteiger partial charge is 0.493 e. The van der Waals surface area contributed by atoms with E-state index in [2.05, 4.69) is 23.4 Å². The maximum atomic E-state index is 6.13. The molecule has 0 radical (unpaired) electrons. The summed E-state index contributed by atoms with van der Waals surface area (Å²) in [4.78, 5) is 0. The second kappa shape index (κ2) is 6.96. The number of aryl methyl sites for hydroxylation is 2. The van der Waals surface area contributed by atoms with Crippen molar-refractivity contribution in [2.45, 2.75) is 32.9 Å². The van der Waals surface area contributed by atoms with Gasteiger partial charge in [0.15, 0.2) is 5.75 Å². The Kier molecular flexibility index (Phi) is 5.26. The van der Waals surface area contributed by atoms with Crippen LogP contribution in [0.5, 0.6) is 5.75 Å². The lowest BCUT2D eigenvalue weighted by molar-refractivity contribution is 0.400. The van der Waals surface area contributed by atoms with Crippen molar-refractivity contribution >= 4 is 11.6 Å². The quantitative estimate of drug-likeness (QED) is 0.886. The average Bonchev–Trinajstić information content (AvgIpc) is 2.87. The van der Waals surface area contributed by atoms with Crippen LogP contribution >= 0.6 is 11.6 Å². The number of nitrogens with zero attached hydrogens (tertiary/aromatic N) is 2. The summed E-state index contributed by atoms with van der Waals surface area (Å²) < 4.78 is 7.49. The third-order valence-electron chi connectivity index (χ3n) is 3.58. The molecule has 0 fully saturated rings. The topological polar surface area (TPSA) is 39.1 Å². The van der Waals surface area contributed by atoms with Crippen molar-refractivity contribution in [3.05, 3.63) is 46.2 Å². The van der Waals surface area contributed by atoms with Gasteiger partial charge in [-0.25, -0.2) is 0 Å². The minimum Gasteiger partial charge on any atom is -0.493 e. The predicted octanol–water partition coefficient (Wildman–Crippen LogP) is 3.57. The maximum absolute atomic E-state index is 6.13. The van der Waals surface area contributed by atoms with Crippen LogP contribution in [0.25, 0.3) is 0 Å². The fourth-order valence-electron chi connectivity index (χ4n) is 2.52. The third kappa shape index (κ3) is 3.22. The van der Waals surface area contributed by atoms with Crippen LogP contribution < -0.4 is 10.1 Å². The van der Waals surface area contributed by atoms with Crippen LogP contribution in [0.1, 0.15) is 36.2 Å². The van der Waals surface area contributed by atoms with Gasteiger partial charge in [-0.05, 0) is 37.6 Å². The third-order valence-corrected chi connectivity index (χ3v) is 4.00. The number of hydrogen-bond donors (Lipinski definition) is 1. The predicted molar refractivity (Wildman–Crippen MR) is 86.2 cm³/mol. The molecule has 1 aromatic heterocycles. The maximum Gasteiger partial charge on any atom is 0.161 e. The Labute approximate surface area is 131 Å². The van der Waals surface area contributed by atoms with Crippen molar-refractivity contribution in [2.75, 3.05) is 14.2 Å². The molecule has 0 amide bonds. The molecule has 114 valence electrons. The molecular weight excluding hydrogens is 286 g/mol. The Morgan fingerprint density at radius 1 is 1.43 bits per heavy atom. The van der Waals surface area contributed by atoms with Gasteiger partial charge in [0.05, 0.1) is 19.3 Å². The molecule has 1 unspecified atom stereocenters. The Morgan fingerprint density at radius 3 is 2.76 bits per heavy atom. The van der Waals surface area contributed by atoms with Crippen LogP contribution in [0.3, 0.4) is 0 Å². The molecule has 2 rings (SSSR count). The average molecular weight is 308 g/mol. The Balaban J connectivity index is 2.49. The van der Waals surface area contributed by atoms with E-state index >= 15 is 0 Å². The summed E-state index contributed by atoms with van der Waals surface area (Å²) in [5, 5.41) is 8.57. The molecule has 1 aromatic carbocycles. The number of ether oxygens (including phenoxy) is 1. The van der Waals surface area contributed by atoms with Crippen LogP contribution in [0, 0.1) is 6.92 Å². The summed E-state index contributed by atoms with van der Waals surface area (Å²) >= 11 is 6.13. The molecule has 0 aliphatic heterocycles. The van der Waals surface area contributed by atoms with Crippen LogP contribution in [-0.2, 0) is 6.54 Å². The van der Waals surface area contributed by atoms with E-state index in [1.807, 2.05) is 30.8 Å². The molecule has 1 N–H and O–H groups in total. The molecule has 4 nitrogen and oxygen atoms in total. The highest BCUT2D eigenvalue weighted by Crippen LogP contribution is 2.31. The fraction of sp³-hybridized carbons (Fsp3) is 0.438. The van der Waals surface area contributed by atoms with Gasteiger partial charge in [-0.1, -0.05) is 30.7 Å². The van der Waals surface area contributed by atoms with Gasteiger partial charge >= 0.3 is 0 Å². The van der Waals surface area contributed by atoms with Gasteiger partial charge in [0.25, 0.3) is 0 Å². The zero-order valence-corrected chi connectivity index (χ0v) is 13.7. The van der Waals surface area contributed by atoms with Crippen LogP contribution in [0.4, 0.5) is 0 Å². The summed E-state index contributed by atoms with van der Waals surface area (Å²) in [5.74, 6) is 0.801. The number of hydrogen-bond acceptors (Lipinski definition) is 3. The minimum absolute atomic E-state index is 0.0185. The Bertz CT molecular complexity index is 610. The van der Waals surface area contributed by atoms with E-state index in [9.17, 15) is 0 Å². The number of benzene rings is 1. The van der Waals surface area contributed by atoms with E-state index in [0.717, 1.165) is 40.6 Å². The molecule has 0 saturated heterocycles. The summed E-state index contributed by atoms with van der Waals surface area (Å²) in [5.41, 5.74) is 3.26. The van der Waals surface area contributed by atoms with Gasteiger partial charge in [-0.3, -0.25) is 4.68 Å². The van der Waals surface area contributed by atoms with Gasteiger partial charge in [-0.2, -0.15) is 5.10 Å². The first-order valence-corrected chi connectivity index (χ1v) is 7.53. The van der Waals surface area contributed by atoms with Crippen molar-refractivity contribution in [1.82, 2.24) is 15.1 Å². The first-order valence-electron chi connectivity index (χ1n) is 7.15. The van der Waals surface area contributed by atoms with E-state index in [4.69, 9.17) is 16.3 Å². The number of rotatable bonds is 6. The van der Waals surface area contributed by atoms with Crippen LogP contribution in [-0.4, -0.2) is 23.9 Å². The number of halogens is 1. The minimum atomic E-state index is 0.0185. The van der Waals surface area contributed by atoms with Crippen molar-refractivity contribution in [1.29, 1.82) is 0 Å². The van der Waals surface area contributed by atoms with E-state index in [1.165, 1.54) is 0 Å². The molecule has 1 heterocycles. The second-order valence-electron chi connectivity index (χ2n) is 5.05. The highest BCUT2D eigenvalue weighted by atomic mass is 35.5. The van der Waals surface area contributed by atoms with E-state index < -0.39 is 0 Å². The molecule has 0 bridgehead atoms.